The third-order valence-corrected chi connectivity index (χ3v) is 4.85. The summed E-state index contributed by atoms with van der Waals surface area (Å²) in [6.45, 7) is 5.42. The number of amides is 3. The first kappa shape index (κ1) is 24.2. The van der Waals surface area contributed by atoms with E-state index in [9.17, 15) is 14.4 Å². The molecule has 0 fully saturated rings. The van der Waals surface area contributed by atoms with Crippen LogP contribution in [0.15, 0.2) is 48.5 Å². The number of benzene rings is 2. The van der Waals surface area contributed by atoms with Crippen LogP contribution >= 0.6 is 11.6 Å². The van der Waals surface area contributed by atoms with Gasteiger partial charge >= 0.3 is 12.0 Å². The minimum Gasteiger partial charge on any atom is -0.463 e. The molecular formula is C23H28ClN3O4. The van der Waals surface area contributed by atoms with Gasteiger partial charge in [0.2, 0.25) is 5.91 Å². The standard InChI is InChI=1S/C23H28ClN3O4/c1-14(2)31-22(29)13-20(17-9-4-5-10-18(17)24)26-21(28)12-19(27-23(25)30)16-8-6-7-15(3)11-16/h4-11,14,19-20H,12-13H2,1-3H3,(H,26,28)(H3,25,27,30). The largest absolute Gasteiger partial charge is 0.463 e. The van der Waals surface area contributed by atoms with E-state index in [0.717, 1.165) is 11.1 Å². The molecule has 31 heavy (non-hydrogen) atoms. The van der Waals surface area contributed by atoms with Crippen molar-refractivity contribution < 1.29 is 19.1 Å². The van der Waals surface area contributed by atoms with Crippen molar-refractivity contribution in [1.29, 1.82) is 0 Å². The highest BCUT2D eigenvalue weighted by atomic mass is 35.5. The average Bonchev–Trinajstić information content (AvgIpc) is 2.66. The fourth-order valence-corrected chi connectivity index (χ4v) is 3.49. The molecule has 0 heterocycles. The van der Waals surface area contributed by atoms with Gasteiger partial charge in [-0.3, -0.25) is 9.59 Å². The van der Waals surface area contributed by atoms with E-state index in [1.54, 1.807) is 38.1 Å². The summed E-state index contributed by atoms with van der Waals surface area (Å²) in [4.78, 5) is 36.6. The minimum atomic E-state index is -0.734. The van der Waals surface area contributed by atoms with Crippen LogP contribution in [0.2, 0.25) is 5.02 Å². The van der Waals surface area contributed by atoms with Crippen molar-refractivity contribution >= 4 is 29.5 Å². The van der Waals surface area contributed by atoms with E-state index in [1.165, 1.54) is 0 Å². The summed E-state index contributed by atoms with van der Waals surface area (Å²) in [5.41, 5.74) is 7.65. The van der Waals surface area contributed by atoms with Crippen LogP contribution in [0.3, 0.4) is 0 Å². The maximum absolute atomic E-state index is 12.9. The fraction of sp³-hybridized carbons (Fsp3) is 0.348. The van der Waals surface area contributed by atoms with E-state index in [-0.39, 0.29) is 24.9 Å². The Morgan fingerprint density at radius 1 is 1.00 bits per heavy atom. The lowest BCUT2D eigenvalue weighted by atomic mass is 10.00. The van der Waals surface area contributed by atoms with Crippen LogP contribution in [-0.2, 0) is 14.3 Å². The van der Waals surface area contributed by atoms with Gasteiger partial charge in [-0.05, 0) is 38.0 Å². The molecular weight excluding hydrogens is 418 g/mol. The summed E-state index contributed by atoms with van der Waals surface area (Å²) in [5.74, 6) is -0.826. The molecule has 0 aliphatic heterocycles. The van der Waals surface area contributed by atoms with Crippen LogP contribution in [0.4, 0.5) is 4.79 Å². The third kappa shape index (κ3) is 7.94. The lowest BCUT2D eigenvalue weighted by Crippen LogP contribution is -2.38. The van der Waals surface area contributed by atoms with Gasteiger partial charge in [0, 0.05) is 5.02 Å². The number of urea groups is 1. The van der Waals surface area contributed by atoms with Crippen molar-refractivity contribution in [2.45, 2.75) is 51.8 Å². The number of nitrogens with one attached hydrogen (secondary N) is 2. The van der Waals surface area contributed by atoms with E-state index < -0.39 is 24.1 Å². The van der Waals surface area contributed by atoms with E-state index in [2.05, 4.69) is 10.6 Å². The number of esters is 1. The van der Waals surface area contributed by atoms with E-state index in [0.29, 0.717) is 10.6 Å². The molecule has 0 aliphatic carbocycles. The van der Waals surface area contributed by atoms with Crippen LogP contribution < -0.4 is 16.4 Å². The second-order valence-corrected chi connectivity index (χ2v) is 7.97. The quantitative estimate of drug-likeness (QED) is 0.507. The highest BCUT2D eigenvalue weighted by Gasteiger charge is 2.24. The van der Waals surface area contributed by atoms with Crippen LogP contribution in [0.25, 0.3) is 0 Å². The third-order valence-electron chi connectivity index (χ3n) is 4.50. The van der Waals surface area contributed by atoms with Crippen LogP contribution in [-0.4, -0.2) is 24.0 Å². The molecule has 2 unspecified atom stereocenters. The Morgan fingerprint density at radius 3 is 2.32 bits per heavy atom. The predicted octanol–water partition coefficient (Wildman–Crippen LogP) is 3.95. The summed E-state index contributed by atoms with van der Waals surface area (Å²) in [7, 11) is 0. The molecule has 7 nitrogen and oxygen atoms in total. The number of primary amides is 1. The van der Waals surface area contributed by atoms with Crippen molar-refractivity contribution in [3.8, 4) is 0 Å². The second kappa shape index (κ2) is 11.4. The molecule has 0 radical (unpaired) electrons. The van der Waals surface area contributed by atoms with Crippen molar-refractivity contribution in [2.24, 2.45) is 5.73 Å². The summed E-state index contributed by atoms with van der Waals surface area (Å²) in [6.07, 6.45) is -0.418. The molecule has 0 saturated carbocycles. The topological polar surface area (TPSA) is 111 Å². The molecule has 2 rings (SSSR count). The van der Waals surface area contributed by atoms with Gasteiger partial charge in [0.15, 0.2) is 0 Å². The van der Waals surface area contributed by atoms with Crippen molar-refractivity contribution in [2.75, 3.05) is 0 Å². The molecule has 8 heteroatoms. The lowest BCUT2D eigenvalue weighted by molar-refractivity contribution is -0.148. The van der Waals surface area contributed by atoms with Gasteiger partial charge in [0.05, 0.1) is 31.0 Å². The average molecular weight is 446 g/mol. The molecule has 2 atom stereocenters. The van der Waals surface area contributed by atoms with E-state index >= 15 is 0 Å². The number of nitrogens with two attached hydrogens (primary N) is 1. The van der Waals surface area contributed by atoms with Crippen LogP contribution in [0.1, 0.15) is 55.5 Å². The first-order valence-electron chi connectivity index (χ1n) is 10.0. The molecule has 4 N–H and O–H groups in total. The molecule has 0 saturated heterocycles. The van der Waals surface area contributed by atoms with E-state index in [4.69, 9.17) is 22.1 Å². The Bertz CT molecular complexity index is 933. The van der Waals surface area contributed by atoms with Gasteiger partial charge in [0.1, 0.15) is 0 Å². The van der Waals surface area contributed by atoms with Crippen molar-refractivity contribution in [3.63, 3.8) is 0 Å². The number of halogens is 1. The number of hydrogen-bond donors (Lipinski definition) is 3. The van der Waals surface area contributed by atoms with Crippen LogP contribution in [0.5, 0.6) is 0 Å². The number of hydrogen-bond acceptors (Lipinski definition) is 4. The smallest absolute Gasteiger partial charge is 0.312 e. The fourth-order valence-electron chi connectivity index (χ4n) is 3.22. The maximum atomic E-state index is 12.9. The van der Waals surface area contributed by atoms with Crippen molar-refractivity contribution in [3.05, 3.63) is 70.2 Å². The number of aryl methyl sites for hydroxylation is 1. The Hall–Kier alpha value is -3.06. The normalized spacial score (nSPS) is 12.7. The summed E-state index contributed by atoms with van der Waals surface area (Å²) >= 11 is 6.30. The SMILES string of the molecule is Cc1cccc(C(CC(=O)NC(CC(=O)OC(C)C)c2ccccc2Cl)NC(N)=O)c1. The van der Waals surface area contributed by atoms with Crippen molar-refractivity contribution in [1.82, 2.24) is 10.6 Å². The minimum absolute atomic E-state index is 0.0629. The van der Waals surface area contributed by atoms with Gasteiger partial charge in [-0.15, -0.1) is 0 Å². The number of carbonyl (C=O) groups is 3. The van der Waals surface area contributed by atoms with Crippen LogP contribution in [0, 0.1) is 6.92 Å². The molecule has 0 aromatic heterocycles. The van der Waals surface area contributed by atoms with Gasteiger partial charge in [-0.2, -0.15) is 0 Å². The zero-order valence-electron chi connectivity index (χ0n) is 17.9. The molecule has 3 amide bonds. The zero-order valence-corrected chi connectivity index (χ0v) is 18.6. The highest BCUT2D eigenvalue weighted by molar-refractivity contribution is 6.31. The number of carbonyl (C=O) groups excluding carboxylic acids is 3. The highest BCUT2D eigenvalue weighted by Crippen LogP contribution is 2.26. The Balaban J connectivity index is 2.21. The molecule has 0 aliphatic rings. The summed E-state index contributed by atoms with van der Waals surface area (Å²) in [6, 6.07) is 12.4. The summed E-state index contributed by atoms with van der Waals surface area (Å²) in [5, 5.41) is 5.88. The lowest BCUT2D eigenvalue weighted by Gasteiger charge is -2.23. The first-order chi connectivity index (χ1) is 14.7. The molecule has 0 bridgehead atoms. The second-order valence-electron chi connectivity index (χ2n) is 7.56. The Labute approximate surface area is 187 Å². The van der Waals surface area contributed by atoms with Gasteiger partial charge in [0.25, 0.3) is 0 Å². The molecule has 0 spiro atoms. The number of ether oxygens (including phenoxy) is 1. The van der Waals surface area contributed by atoms with Gasteiger partial charge in [-0.1, -0.05) is 59.6 Å². The molecule has 166 valence electrons. The maximum Gasteiger partial charge on any atom is 0.312 e. The summed E-state index contributed by atoms with van der Waals surface area (Å²) < 4.78 is 5.23. The van der Waals surface area contributed by atoms with E-state index in [1.807, 2.05) is 31.2 Å². The Morgan fingerprint density at radius 2 is 1.71 bits per heavy atom. The number of rotatable bonds is 9. The monoisotopic (exact) mass is 445 g/mol. The van der Waals surface area contributed by atoms with Gasteiger partial charge < -0.3 is 21.1 Å². The first-order valence-corrected chi connectivity index (χ1v) is 10.4. The van der Waals surface area contributed by atoms with Gasteiger partial charge in [-0.25, -0.2) is 4.79 Å². The molecule has 2 aromatic carbocycles. The molecule has 2 aromatic rings. The zero-order chi connectivity index (χ0) is 23.0. The predicted molar refractivity (Wildman–Crippen MR) is 119 cm³/mol. The Kier molecular flexibility index (Phi) is 8.88.